The first-order valence-corrected chi connectivity index (χ1v) is 6.53. The molecule has 3 rings (SSSR count). The molecule has 0 unspecified atom stereocenters. The molecule has 19 heavy (non-hydrogen) atoms. The van der Waals surface area contributed by atoms with Gasteiger partial charge in [-0.2, -0.15) is 0 Å². The second-order valence-electron chi connectivity index (χ2n) is 4.53. The molecular weight excluding hydrogens is 258 g/mol. The average Bonchev–Trinajstić information content (AvgIpc) is 2.83. The van der Waals surface area contributed by atoms with Crippen molar-refractivity contribution in [2.75, 3.05) is 5.32 Å². The number of nitrogens with one attached hydrogen (secondary N) is 2. The predicted molar refractivity (Wildman–Crippen MR) is 79.6 cm³/mol. The lowest BCUT2D eigenvalue weighted by Gasteiger charge is -2.07. The van der Waals surface area contributed by atoms with Gasteiger partial charge in [-0.05, 0) is 42.3 Å². The second kappa shape index (κ2) is 4.94. The summed E-state index contributed by atoms with van der Waals surface area (Å²) < 4.78 is 0. The van der Waals surface area contributed by atoms with Crippen LogP contribution in [0.1, 0.15) is 11.1 Å². The lowest BCUT2D eigenvalue weighted by molar-refractivity contribution is 1.16. The minimum Gasteiger partial charge on any atom is -0.381 e. The highest BCUT2D eigenvalue weighted by Gasteiger charge is 2.04. The molecular formula is C15H14ClN3. The van der Waals surface area contributed by atoms with E-state index in [1.54, 1.807) is 6.20 Å². The minimum absolute atomic E-state index is 0.741. The van der Waals surface area contributed by atoms with Crippen LogP contribution in [0, 0.1) is 6.92 Å². The van der Waals surface area contributed by atoms with Crippen molar-refractivity contribution >= 4 is 28.3 Å². The van der Waals surface area contributed by atoms with Crippen LogP contribution in [0.5, 0.6) is 0 Å². The van der Waals surface area contributed by atoms with Crippen LogP contribution in [0.15, 0.2) is 42.7 Å². The molecule has 0 saturated carbocycles. The summed E-state index contributed by atoms with van der Waals surface area (Å²) in [6.45, 7) is 2.74. The first-order chi connectivity index (χ1) is 9.24. The smallest absolute Gasteiger partial charge is 0.137 e. The Hall–Kier alpha value is -2.00. The Balaban J connectivity index is 1.80. The molecule has 0 atom stereocenters. The lowest BCUT2D eigenvalue weighted by atomic mass is 10.2. The Kier molecular flexibility index (Phi) is 3.13. The number of hydrogen-bond acceptors (Lipinski definition) is 2. The van der Waals surface area contributed by atoms with Gasteiger partial charge in [-0.15, -0.1) is 0 Å². The molecule has 0 bridgehead atoms. The van der Waals surface area contributed by atoms with Crippen LogP contribution >= 0.6 is 11.6 Å². The van der Waals surface area contributed by atoms with Crippen LogP contribution in [0.25, 0.3) is 11.0 Å². The third-order valence-corrected chi connectivity index (χ3v) is 3.60. The molecule has 96 valence electrons. The number of hydrogen-bond donors (Lipinski definition) is 2. The van der Waals surface area contributed by atoms with E-state index < -0.39 is 0 Å². The number of H-pyrrole nitrogens is 1. The van der Waals surface area contributed by atoms with Crippen LogP contribution < -0.4 is 5.32 Å². The van der Waals surface area contributed by atoms with Crippen molar-refractivity contribution in [2.24, 2.45) is 0 Å². The van der Waals surface area contributed by atoms with E-state index in [-0.39, 0.29) is 0 Å². The quantitative estimate of drug-likeness (QED) is 0.752. The van der Waals surface area contributed by atoms with Crippen molar-refractivity contribution in [1.82, 2.24) is 9.97 Å². The Morgan fingerprint density at radius 3 is 3.05 bits per heavy atom. The summed E-state index contributed by atoms with van der Waals surface area (Å²) >= 11 is 6.11. The van der Waals surface area contributed by atoms with E-state index in [0.717, 1.165) is 33.9 Å². The molecule has 3 aromatic rings. The van der Waals surface area contributed by atoms with Gasteiger partial charge in [0.25, 0.3) is 0 Å². The van der Waals surface area contributed by atoms with E-state index in [1.165, 1.54) is 5.56 Å². The average molecular weight is 272 g/mol. The first-order valence-electron chi connectivity index (χ1n) is 6.15. The van der Waals surface area contributed by atoms with Gasteiger partial charge in [0.1, 0.15) is 5.65 Å². The molecule has 2 N–H and O–H groups in total. The maximum absolute atomic E-state index is 6.11. The fourth-order valence-corrected chi connectivity index (χ4v) is 2.24. The molecule has 3 nitrogen and oxygen atoms in total. The summed E-state index contributed by atoms with van der Waals surface area (Å²) in [5.74, 6) is 0. The fraction of sp³-hybridized carbons (Fsp3) is 0.133. The number of aromatic amines is 1. The molecule has 0 amide bonds. The Morgan fingerprint density at radius 2 is 2.21 bits per heavy atom. The minimum atomic E-state index is 0.741. The first kappa shape index (κ1) is 12.1. The lowest BCUT2D eigenvalue weighted by Crippen LogP contribution is -1.98. The third kappa shape index (κ3) is 2.42. The van der Waals surface area contributed by atoms with Gasteiger partial charge >= 0.3 is 0 Å². The zero-order chi connectivity index (χ0) is 13.2. The van der Waals surface area contributed by atoms with Gasteiger partial charge in [0.05, 0.1) is 0 Å². The molecule has 0 radical (unpaired) electrons. The van der Waals surface area contributed by atoms with Crippen molar-refractivity contribution in [2.45, 2.75) is 13.5 Å². The maximum atomic E-state index is 6.11. The number of fused-ring (bicyclic) bond motifs is 1. The fourth-order valence-electron chi connectivity index (χ4n) is 2.06. The molecule has 2 heterocycles. The van der Waals surface area contributed by atoms with E-state index in [2.05, 4.69) is 21.4 Å². The van der Waals surface area contributed by atoms with E-state index in [9.17, 15) is 0 Å². The number of nitrogens with zero attached hydrogens (tertiary/aromatic N) is 1. The third-order valence-electron chi connectivity index (χ3n) is 3.19. The Morgan fingerprint density at radius 1 is 1.32 bits per heavy atom. The topological polar surface area (TPSA) is 40.7 Å². The molecule has 0 fully saturated rings. The molecule has 0 saturated heterocycles. The zero-order valence-corrected chi connectivity index (χ0v) is 11.3. The monoisotopic (exact) mass is 271 g/mol. The van der Waals surface area contributed by atoms with Crippen LogP contribution in [-0.4, -0.2) is 9.97 Å². The number of halogens is 1. The van der Waals surface area contributed by atoms with Gasteiger partial charge in [-0.3, -0.25) is 0 Å². The molecule has 0 aliphatic carbocycles. The number of benzene rings is 1. The number of anilines is 1. The summed E-state index contributed by atoms with van der Waals surface area (Å²) in [6, 6.07) is 10.0. The van der Waals surface area contributed by atoms with Crippen molar-refractivity contribution in [3.8, 4) is 0 Å². The van der Waals surface area contributed by atoms with Crippen molar-refractivity contribution < 1.29 is 0 Å². The van der Waals surface area contributed by atoms with Crippen molar-refractivity contribution in [1.29, 1.82) is 0 Å². The van der Waals surface area contributed by atoms with Gasteiger partial charge in [-0.1, -0.05) is 17.7 Å². The molecule has 0 aliphatic rings. The summed E-state index contributed by atoms with van der Waals surface area (Å²) in [5, 5.41) is 5.30. The van der Waals surface area contributed by atoms with E-state index in [1.807, 2.05) is 37.4 Å². The van der Waals surface area contributed by atoms with E-state index in [0.29, 0.717) is 0 Å². The van der Waals surface area contributed by atoms with Crippen LogP contribution in [0.2, 0.25) is 5.02 Å². The van der Waals surface area contributed by atoms with Crippen LogP contribution in [0.3, 0.4) is 0 Å². The highest BCUT2D eigenvalue weighted by Crippen LogP contribution is 2.22. The summed E-state index contributed by atoms with van der Waals surface area (Å²) in [6.07, 6.45) is 3.77. The van der Waals surface area contributed by atoms with Crippen LogP contribution in [0.4, 0.5) is 5.69 Å². The molecule has 1 aromatic carbocycles. The van der Waals surface area contributed by atoms with Gasteiger partial charge in [-0.25, -0.2) is 4.98 Å². The highest BCUT2D eigenvalue weighted by atomic mass is 35.5. The van der Waals surface area contributed by atoms with E-state index >= 15 is 0 Å². The number of pyridine rings is 1. The van der Waals surface area contributed by atoms with Crippen molar-refractivity contribution in [3.63, 3.8) is 0 Å². The summed E-state index contributed by atoms with van der Waals surface area (Å²) in [5.41, 5.74) is 4.22. The standard InChI is InChI=1S/C15H14ClN3/c1-10-4-5-12(7-14(10)16)18-8-11-9-19-15-13(11)3-2-6-17-15/h2-7,9,18H,8H2,1H3,(H,17,19). The maximum Gasteiger partial charge on any atom is 0.137 e. The highest BCUT2D eigenvalue weighted by molar-refractivity contribution is 6.31. The van der Waals surface area contributed by atoms with Gasteiger partial charge in [0, 0.05) is 35.0 Å². The van der Waals surface area contributed by atoms with Crippen LogP contribution in [-0.2, 0) is 6.54 Å². The normalized spacial score (nSPS) is 10.8. The number of aryl methyl sites for hydroxylation is 1. The van der Waals surface area contributed by atoms with Gasteiger partial charge < -0.3 is 10.3 Å². The molecule has 2 aromatic heterocycles. The van der Waals surface area contributed by atoms with Gasteiger partial charge in [0.2, 0.25) is 0 Å². The second-order valence-corrected chi connectivity index (χ2v) is 4.94. The predicted octanol–water partition coefficient (Wildman–Crippen LogP) is 4.14. The van der Waals surface area contributed by atoms with E-state index in [4.69, 9.17) is 11.6 Å². The Labute approximate surface area is 116 Å². The van der Waals surface area contributed by atoms with Crippen molar-refractivity contribution in [3.05, 3.63) is 58.9 Å². The summed E-state index contributed by atoms with van der Waals surface area (Å²) in [7, 11) is 0. The number of rotatable bonds is 3. The largest absolute Gasteiger partial charge is 0.381 e. The zero-order valence-electron chi connectivity index (χ0n) is 10.6. The molecule has 0 spiro atoms. The van der Waals surface area contributed by atoms with Gasteiger partial charge in [0.15, 0.2) is 0 Å². The molecule has 0 aliphatic heterocycles. The Bertz CT molecular complexity index is 718. The molecule has 4 heteroatoms. The summed E-state index contributed by atoms with van der Waals surface area (Å²) in [4.78, 5) is 7.45. The SMILES string of the molecule is Cc1ccc(NCc2c[nH]c3ncccc23)cc1Cl. The number of aromatic nitrogens is 2.